The van der Waals surface area contributed by atoms with Crippen LogP contribution in [0, 0.1) is 0 Å². The van der Waals surface area contributed by atoms with Gasteiger partial charge in [0.05, 0.1) is 33.6 Å². The van der Waals surface area contributed by atoms with E-state index in [1.807, 2.05) is 6.07 Å². The van der Waals surface area contributed by atoms with E-state index in [2.05, 4.69) is 21.2 Å². The average molecular weight is 377 g/mol. The summed E-state index contributed by atoms with van der Waals surface area (Å²) in [4.78, 5) is 12.7. The lowest BCUT2D eigenvalue weighted by Crippen LogP contribution is -2.11. The minimum Gasteiger partial charge on any atom is -0.495 e. The molecule has 0 saturated carbocycles. The fourth-order valence-electron chi connectivity index (χ4n) is 1.58. The number of ether oxygens (including phenoxy) is 2. The van der Waals surface area contributed by atoms with Crippen molar-refractivity contribution in [1.29, 1.82) is 0 Å². The first-order valence-corrected chi connectivity index (χ1v) is 7.52. The van der Waals surface area contributed by atoms with E-state index in [-0.39, 0.29) is 5.91 Å². The highest BCUT2D eigenvalue weighted by molar-refractivity contribution is 9.11. The van der Waals surface area contributed by atoms with Crippen LogP contribution in [0.25, 0.3) is 0 Å². The van der Waals surface area contributed by atoms with Gasteiger partial charge in [0.25, 0.3) is 5.91 Å². The number of nitrogens with one attached hydrogen (secondary N) is 1. The first-order chi connectivity index (χ1) is 9.55. The fourth-order valence-corrected chi connectivity index (χ4v) is 3.09. The van der Waals surface area contributed by atoms with Gasteiger partial charge in [-0.15, -0.1) is 11.3 Å². The molecule has 0 aliphatic rings. The van der Waals surface area contributed by atoms with Crippen LogP contribution < -0.4 is 14.8 Å². The van der Waals surface area contributed by atoms with E-state index in [1.165, 1.54) is 25.6 Å². The maximum absolute atomic E-state index is 12.1. The Hall–Kier alpha value is -1.24. The highest BCUT2D eigenvalue weighted by atomic mass is 79.9. The summed E-state index contributed by atoms with van der Waals surface area (Å²) < 4.78 is 11.2. The third-order valence-corrected chi connectivity index (χ3v) is 4.44. The second-order valence-corrected chi connectivity index (χ2v) is 6.62. The Kier molecular flexibility index (Phi) is 4.91. The molecule has 2 aromatic rings. The highest BCUT2D eigenvalue weighted by Crippen LogP contribution is 2.36. The molecule has 0 spiro atoms. The molecule has 0 fully saturated rings. The Morgan fingerprint density at radius 2 is 1.95 bits per heavy atom. The number of thiophene rings is 1. The Labute approximate surface area is 133 Å². The van der Waals surface area contributed by atoms with Crippen molar-refractivity contribution in [3.05, 3.63) is 38.0 Å². The van der Waals surface area contributed by atoms with Gasteiger partial charge in [0.1, 0.15) is 11.5 Å². The molecule has 1 amide bonds. The van der Waals surface area contributed by atoms with Crippen LogP contribution >= 0.6 is 38.9 Å². The van der Waals surface area contributed by atoms with Crippen LogP contribution in [0.1, 0.15) is 9.67 Å². The van der Waals surface area contributed by atoms with Crippen molar-refractivity contribution in [3.8, 4) is 11.5 Å². The lowest BCUT2D eigenvalue weighted by Gasteiger charge is -2.12. The van der Waals surface area contributed by atoms with Crippen LogP contribution in [0.5, 0.6) is 11.5 Å². The number of carbonyl (C=O) groups excluding carboxylic acids is 1. The molecule has 1 aromatic carbocycles. The van der Waals surface area contributed by atoms with Crippen molar-refractivity contribution in [2.75, 3.05) is 19.5 Å². The molecule has 0 bridgehead atoms. The summed E-state index contributed by atoms with van der Waals surface area (Å²) in [7, 11) is 3.02. The molecular formula is C13H11BrClNO3S. The monoisotopic (exact) mass is 375 g/mol. The lowest BCUT2D eigenvalue weighted by molar-refractivity contribution is 0.103. The highest BCUT2D eigenvalue weighted by Gasteiger charge is 2.14. The third kappa shape index (κ3) is 3.26. The maximum atomic E-state index is 12.1. The number of anilines is 1. The van der Waals surface area contributed by atoms with Crippen molar-refractivity contribution < 1.29 is 14.3 Å². The zero-order chi connectivity index (χ0) is 14.7. The van der Waals surface area contributed by atoms with Crippen molar-refractivity contribution in [2.45, 2.75) is 0 Å². The van der Waals surface area contributed by atoms with Crippen LogP contribution in [0.4, 0.5) is 5.69 Å². The van der Waals surface area contributed by atoms with Gasteiger partial charge in [-0.05, 0) is 28.1 Å². The number of halogens is 2. The summed E-state index contributed by atoms with van der Waals surface area (Å²) >= 11 is 10.7. The predicted molar refractivity (Wildman–Crippen MR) is 84.5 cm³/mol. The molecule has 1 aromatic heterocycles. The normalized spacial score (nSPS) is 10.2. The quantitative estimate of drug-likeness (QED) is 0.858. The number of benzene rings is 1. The number of amides is 1. The van der Waals surface area contributed by atoms with Gasteiger partial charge < -0.3 is 14.8 Å². The van der Waals surface area contributed by atoms with Crippen molar-refractivity contribution in [1.82, 2.24) is 0 Å². The fraction of sp³-hybridized carbons (Fsp3) is 0.154. The smallest absolute Gasteiger partial charge is 0.265 e. The molecule has 1 N–H and O–H groups in total. The van der Waals surface area contributed by atoms with E-state index in [1.54, 1.807) is 18.2 Å². The van der Waals surface area contributed by atoms with E-state index < -0.39 is 0 Å². The summed E-state index contributed by atoms with van der Waals surface area (Å²) in [6, 6.07) is 6.78. The molecule has 7 heteroatoms. The maximum Gasteiger partial charge on any atom is 0.265 e. The minimum atomic E-state index is -0.219. The van der Waals surface area contributed by atoms with E-state index in [9.17, 15) is 4.79 Å². The van der Waals surface area contributed by atoms with Gasteiger partial charge in [-0.25, -0.2) is 0 Å². The van der Waals surface area contributed by atoms with Gasteiger partial charge in [0.15, 0.2) is 0 Å². The summed E-state index contributed by atoms with van der Waals surface area (Å²) in [5, 5.41) is 3.20. The number of hydrogen-bond donors (Lipinski definition) is 1. The van der Waals surface area contributed by atoms with Gasteiger partial charge in [0.2, 0.25) is 0 Å². The number of hydrogen-bond acceptors (Lipinski definition) is 4. The van der Waals surface area contributed by atoms with Gasteiger partial charge >= 0.3 is 0 Å². The van der Waals surface area contributed by atoms with Crippen LogP contribution in [0.15, 0.2) is 28.1 Å². The minimum absolute atomic E-state index is 0.219. The van der Waals surface area contributed by atoms with Gasteiger partial charge in [-0.3, -0.25) is 4.79 Å². The zero-order valence-corrected chi connectivity index (χ0v) is 13.9. The van der Waals surface area contributed by atoms with E-state index in [0.29, 0.717) is 27.1 Å². The number of rotatable bonds is 4. The van der Waals surface area contributed by atoms with Crippen LogP contribution in [-0.2, 0) is 0 Å². The Balaban J connectivity index is 2.30. The summed E-state index contributed by atoms with van der Waals surface area (Å²) in [6.07, 6.45) is 0. The summed E-state index contributed by atoms with van der Waals surface area (Å²) in [5.74, 6) is 0.721. The molecule has 1 heterocycles. The Bertz CT molecular complexity index is 645. The third-order valence-electron chi connectivity index (χ3n) is 2.52. The Morgan fingerprint density at radius 1 is 1.25 bits per heavy atom. The van der Waals surface area contributed by atoms with Crippen LogP contribution in [0.2, 0.25) is 5.02 Å². The molecule has 0 aliphatic heterocycles. The molecule has 0 saturated heterocycles. The van der Waals surface area contributed by atoms with Crippen LogP contribution in [0.3, 0.4) is 0 Å². The molecule has 0 radical (unpaired) electrons. The second-order valence-electron chi connectivity index (χ2n) is 3.74. The summed E-state index contributed by atoms with van der Waals surface area (Å²) in [6.45, 7) is 0. The molecule has 106 valence electrons. The first kappa shape index (κ1) is 15.2. The molecule has 0 unspecified atom stereocenters. The molecule has 4 nitrogen and oxygen atoms in total. The SMILES string of the molecule is COc1cc(NC(=O)c2ccc(Br)s2)c(OC)cc1Cl. The number of methoxy groups -OCH3 is 2. The van der Waals surface area contributed by atoms with E-state index in [0.717, 1.165) is 3.79 Å². The van der Waals surface area contributed by atoms with Crippen molar-refractivity contribution >= 4 is 50.5 Å². The zero-order valence-electron chi connectivity index (χ0n) is 10.7. The first-order valence-electron chi connectivity index (χ1n) is 5.53. The second kappa shape index (κ2) is 6.47. The standard InChI is InChI=1S/C13H11BrClNO3S/c1-18-9-6-8(10(19-2)5-7(9)15)16-13(17)11-3-4-12(14)20-11/h3-6H,1-2H3,(H,16,17). The predicted octanol–water partition coefficient (Wildman–Crippen LogP) is 4.43. The number of carbonyl (C=O) groups is 1. The largest absolute Gasteiger partial charge is 0.495 e. The lowest BCUT2D eigenvalue weighted by atomic mass is 10.2. The molecule has 2 rings (SSSR count). The van der Waals surface area contributed by atoms with Gasteiger partial charge in [-0.2, -0.15) is 0 Å². The van der Waals surface area contributed by atoms with Gasteiger partial charge in [0, 0.05) is 12.1 Å². The Morgan fingerprint density at radius 3 is 2.50 bits per heavy atom. The summed E-state index contributed by atoms with van der Waals surface area (Å²) in [5.41, 5.74) is 0.503. The molecule has 0 aliphatic carbocycles. The molecule has 0 atom stereocenters. The van der Waals surface area contributed by atoms with Crippen LogP contribution in [-0.4, -0.2) is 20.1 Å². The average Bonchev–Trinajstić information content (AvgIpc) is 2.87. The van der Waals surface area contributed by atoms with E-state index >= 15 is 0 Å². The topological polar surface area (TPSA) is 47.6 Å². The van der Waals surface area contributed by atoms with E-state index in [4.69, 9.17) is 21.1 Å². The molecule has 20 heavy (non-hydrogen) atoms. The molecular weight excluding hydrogens is 366 g/mol. The van der Waals surface area contributed by atoms with Crippen molar-refractivity contribution in [3.63, 3.8) is 0 Å². The van der Waals surface area contributed by atoms with Gasteiger partial charge in [-0.1, -0.05) is 11.6 Å². The van der Waals surface area contributed by atoms with Crippen molar-refractivity contribution in [2.24, 2.45) is 0 Å².